The number of halogens is 1. The number of para-hydroxylation sites is 1. The Balaban J connectivity index is 1.38. The molecule has 3 aliphatic rings. The van der Waals surface area contributed by atoms with Crippen molar-refractivity contribution >= 4 is 51.2 Å². The highest BCUT2D eigenvalue weighted by molar-refractivity contribution is 7.80. The Morgan fingerprint density at radius 2 is 1.97 bits per heavy atom. The zero-order valence-corrected chi connectivity index (χ0v) is 20.5. The maximum atomic E-state index is 6.02. The van der Waals surface area contributed by atoms with E-state index in [1.165, 1.54) is 48.2 Å². The molecule has 170 valence electrons. The summed E-state index contributed by atoms with van der Waals surface area (Å²) in [6.45, 7) is 5.44. The second kappa shape index (κ2) is 8.15. The van der Waals surface area contributed by atoms with Gasteiger partial charge < -0.3 is 15.2 Å². The minimum absolute atomic E-state index is 0.194. The van der Waals surface area contributed by atoms with Crippen molar-refractivity contribution in [2.45, 2.75) is 38.6 Å². The first-order chi connectivity index (χ1) is 16.1. The summed E-state index contributed by atoms with van der Waals surface area (Å²) in [5.74, 6) is 0. The molecule has 1 fully saturated rings. The van der Waals surface area contributed by atoms with Gasteiger partial charge >= 0.3 is 0 Å². The number of fused-ring (bicyclic) bond motifs is 3. The molecule has 4 nitrogen and oxygen atoms in total. The zero-order valence-electron chi connectivity index (χ0n) is 18.9. The van der Waals surface area contributed by atoms with Crippen molar-refractivity contribution in [3.8, 4) is 0 Å². The molecule has 6 heteroatoms. The minimum Gasteiger partial charge on any atom is -0.357 e. The second-order valence-electron chi connectivity index (χ2n) is 9.55. The molecule has 3 aliphatic heterocycles. The fraction of sp³-hybridized carbons (Fsp3) is 0.370. The molecule has 0 bridgehead atoms. The third-order valence-corrected chi connectivity index (χ3v) is 8.36. The lowest BCUT2D eigenvalue weighted by Gasteiger charge is -2.53. The SMILES string of the molecule is CC[C@@]12C=C(CNC(=S)Nc3ccc(Cl)cc3)n3c4c(c5ccccc53)CCN(CCC1)[C@H]42. The van der Waals surface area contributed by atoms with Gasteiger partial charge in [0.05, 0.1) is 18.1 Å². The van der Waals surface area contributed by atoms with Gasteiger partial charge in [-0.05, 0) is 80.3 Å². The number of nitrogens with one attached hydrogen (secondary N) is 2. The van der Waals surface area contributed by atoms with Crippen LogP contribution in [-0.4, -0.2) is 34.2 Å². The molecule has 0 amide bonds. The lowest BCUT2D eigenvalue weighted by molar-refractivity contribution is 0.0269. The Kier molecular flexibility index (Phi) is 5.24. The molecule has 0 saturated carbocycles. The number of hydrogen-bond acceptors (Lipinski definition) is 2. The van der Waals surface area contributed by atoms with Gasteiger partial charge in [0.15, 0.2) is 5.11 Å². The van der Waals surface area contributed by atoms with Crippen molar-refractivity contribution in [3.05, 3.63) is 70.9 Å². The first kappa shape index (κ1) is 21.2. The monoisotopic (exact) mass is 476 g/mol. The molecule has 33 heavy (non-hydrogen) atoms. The van der Waals surface area contributed by atoms with Crippen LogP contribution in [0.2, 0.25) is 5.02 Å². The van der Waals surface area contributed by atoms with E-state index in [2.05, 4.69) is 57.4 Å². The van der Waals surface area contributed by atoms with E-state index >= 15 is 0 Å². The fourth-order valence-electron chi connectivity index (χ4n) is 6.40. The average molecular weight is 477 g/mol. The first-order valence-electron chi connectivity index (χ1n) is 12.0. The van der Waals surface area contributed by atoms with Crippen LogP contribution in [0.15, 0.2) is 54.6 Å². The first-order valence-corrected chi connectivity index (χ1v) is 12.8. The maximum Gasteiger partial charge on any atom is 0.171 e. The summed E-state index contributed by atoms with van der Waals surface area (Å²) in [6.07, 6.45) is 7.40. The number of rotatable bonds is 4. The predicted octanol–water partition coefficient (Wildman–Crippen LogP) is 6.23. The highest BCUT2D eigenvalue weighted by Gasteiger charge is 2.50. The third-order valence-electron chi connectivity index (χ3n) is 7.86. The zero-order chi connectivity index (χ0) is 22.6. The molecule has 2 aromatic carbocycles. The molecule has 0 radical (unpaired) electrons. The van der Waals surface area contributed by atoms with Crippen molar-refractivity contribution in [1.82, 2.24) is 14.8 Å². The normalized spacial score (nSPS) is 23.7. The predicted molar refractivity (Wildman–Crippen MR) is 142 cm³/mol. The Hall–Kier alpha value is -2.34. The van der Waals surface area contributed by atoms with Crippen LogP contribution in [0, 0.1) is 5.41 Å². The van der Waals surface area contributed by atoms with Gasteiger partial charge in [0, 0.05) is 39.4 Å². The summed E-state index contributed by atoms with van der Waals surface area (Å²) >= 11 is 11.7. The van der Waals surface area contributed by atoms with Crippen molar-refractivity contribution in [2.24, 2.45) is 5.41 Å². The van der Waals surface area contributed by atoms with E-state index in [0.29, 0.717) is 17.7 Å². The van der Waals surface area contributed by atoms with Crippen LogP contribution in [0.1, 0.15) is 43.5 Å². The molecular formula is C27H29ClN4S. The van der Waals surface area contributed by atoms with Gasteiger partial charge in [0.25, 0.3) is 0 Å². The molecule has 2 atom stereocenters. The molecule has 0 aliphatic carbocycles. The molecular weight excluding hydrogens is 448 g/mol. The van der Waals surface area contributed by atoms with Gasteiger partial charge in [0.1, 0.15) is 0 Å². The van der Waals surface area contributed by atoms with Gasteiger partial charge in [-0.1, -0.05) is 42.8 Å². The number of piperidine rings is 1. The highest BCUT2D eigenvalue weighted by Crippen LogP contribution is 2.56. The van der Waals surface area contributed by atoms with Crippen LogP contribution in [0.5, 0.6) is 0 Å². The van der Waals surface area contributed by atoms with E-state index in [1.807, 2.05) is 24.3 Å². The molecule has 0 spiro atoms. The van der Waals surface area contributed by atoms with E-state index in [1.54, 1.807) is 5.56 Å². The lowest BCUT2D eigenvalue weighted by Crippen LogP contribution is -2.51. The van der Waals surface area contributed by atoms with E-state index in [9.17, 15) is 0 Å². The van der Waals surface area contributed by atoms with Crippen LogP contribution in [0.4, 0.5) is 5.69 Å². The molecule has 3 aromatic rings. The maximum absolute atomic E-state index is 6.02. The van der Waals surface area contributed by atoms with Crippen molar-refractivity contribution in [1.29, 1.82) is 0 Å². The number of nitrogens with zero attached hydrogens (tertiary/aromatic N) is 2. The number of thiocarbonyl (C=S) groups is 1. The summed E-state index contributed by atoms with van der Waals surface area (Å²) in [7, 11) is 0. The summed E-state index contributed by atoms with van der Waals surface area (Å²) in [5.41, 5.74) is 6.85. The number of anilines is 1. The molecule has 6 rings (SSSR count). The molecule has 1 saturated heterocycles. The quantitative estimate of drug-likeness (QED) is 0.437. The molecule has 1 aromatic heterocycles. The van der Waals surface area contributed by atoms with Crippen LogP contribution < -0.4 is 10.6 Å². The van der Waals surface area contributed by atoms with Crippen molar-refractivity contribution < 1.29 is 0 Å². The summed E-state index contributed by atoms with van der Waals surface area (Å²) < 4.78 is 2.54. The van der Waals surface area contributed by atoms with Gasteiger partial charge in [-0.15, -0.1) is 0 Å². The summed E-state index contributed by atoms with van der Waals surface area (Å²) in [4.78, 5) is 2.75. The fourth-order valence-corrected chi connectivity index (χ4v) is 6.71. The van der Waals surface area contributed by atoms with Crippen molar-refractivity contribution in [3.63, 3.8) is 0 Å². The van der Waals surface area contributed by atoms with Crippen molar-refractivity contribution in [2.75, 3.05) is 25.0 Å². The van der Waals surface area contributed by atoms with Crippen LogP contribution in [-0.2, 0) is 6.42 Å². The number of benzene rings is 2. The van der Waals surface area contributed by atoms with Crippen LogP contribution >= 0.6 is 23.8 Å². The van der Waals surface area contributed by atoms with E-state index < -0.39 is 0 Å². The van der Waals surface area contributed by atoms with Crippen LogP contribution in [0.3, 0.4) is 0 Å². The Morgan fingerprint density at radius 1 is 1.15 bits per heavy atom. The van der Waals surface area contributed by atoms with E-state index in [0.717, 1.165) is 23.6 Å². The smallest absolute Gasteiger partial charge is 0.171 e. The third kappa shape index (κ3) is 3.40. The Bertz CT molecular complexity index is 1260. The Labute approximate surface area is 205 Å². The average Bonchev–Trinajstić information content (AvgIpc) is 3.18. The molecule has 4 heterocycles. The van der Waals surface area contributed by atoms with Gasteiger partial charge in [-0.3, -0.25) is 4.90 Å². The van der Waals surface area contributed by atoms with Gasteiger partial charge in [-0.25, -0.2) is 0 Å². The second-order valence-corrected chi connectivity index (χ2v) is 10.4. The largest absolute Gasteiger partial charge is 0.357 e. The number of aromatic nitrogens is 1. The molecule has 0 unspecified atom stereocenters. The minimum atomic E-state index is 0.194. The highest BCUT2D eigenvalue weighted by atomic mass is 35.5. The molecule has 2 N–H and O–H groups in total. The van der Waals surface area contributed by atoms with E-state index in [-0.39, 0.29) is 5.41 Å². The summed E-state index contributed by atoms with van der Waals surface area (Å²) in [5, 5.41) is 9.53. The number of hydrogen-bond donors (Lipinski definition) is 2. The Morgan fingerprint density at radius 3 is 2.79 bits per heavy atom. The van der Waals surface area contributed by atoms with E-state index in [4.69, 9.17) is 23.8 Å². The van der Waals surface area contributed by atoms with Crippen LogP contribution in [0.25, 0.3) is 16.6 Å². The van der Waals surface area contributed by atoms with Gasteiger partial charge in [0.2, 0.25) is 0 Å². The lowest BCUT2D eigenvalue weighted by atomic mass is 9.66. The standard InChI is InChI=1S/C27H29ClN4S/c1-2-27-13-5-14-31-15-12-22-21-6-3-4-7-23(21)32(24(22)25(27)31)20(16-27)17-29-26(33)30-19-10-8-18(28)9-11-19/h3-4,6-11,16,25H,2,5,12-15,17H2,1H3,(H2,29,30,33)/t25-,27+/m1/s1. The summed E-state index contributed by atoms with van der Waals surface area (Å²) in [6, 6.07) is 17.0. The van der Waals surface area contributed by atoms with Gasteiger partial charge in [-0.2, -0.15) is 0 Å². The topological polar surface area (TPSA) is 32.2 Å².